The third-order valence-electron chi connectivity index (χ3n) is 3.62. The molecule has 0 aliphatic heterocycles. The molecule has 0 atom stereocenters. The predicted molar refractivity (Wildman–Crippen MR) is 84.6 cm³/mol. The van der Waals surface area contributed by atoms with Crippen LogP contribution in [0.1, 0.15) is 18.9 Å². The molecule has 4 nitrogen and oxygen atoms in total. The van der Waals surface area contributed by atoms with Crippen molar-refractivity contribution in [2.45, 2.75) is 26.3 Å². The first-order valence-electron chi connectivity index (χ1n) is 7.45. The first-order chi connectivity index (χ1) is 10.3. The van der Waals surface area contributed by atoms with Gasteiger partial charge in [0.1, 0.15) is 5.75 Å². The highest BCUT2D eigenvalue weighted by molar-refractivity contribution is 5.81. The van der Waals surface area contributed by atoms with Crippen LogP contribution in [0.4, 0.5) is 0 Å². The predicted octanol–water partition coefficient (Wildman–Crippen LogP) is 3.41. The SMILES string of the molecule is CCCOc1ccc2c(ccn2CCc2cnn(C)c2)c1. The Hall–Kier alpha value is -2.23. The van der Waals surface area contributed by atoms with E-state index in [9.17, 15) is 0 Å². The number of benzene rings is 1. The van der Waals surface area contributed by atoms with Gasteiger partial charge in [0.25, 0.3) is 0 Å². The van der Waals surface area contributed by atoms with Crippen LogP contribution in [0.5, 0.6) is 5.75 Å². The van der Waals surface area contributed by atoms with E-state index in [1.54, 1.807) is 0 Å². The Kier molecular flexibility index (Phi) is 3.95. The molecule has 3 rings (SSSR count). The Morgan fingerprint density at radius 1 is 1.24 bits per heavy atom. The molecule has 0 unspecified atom stereocenters. The topological polar surface area (TPSA) is 32.0 Å². The van der Waals surface area contributed by atoms with Gasteiger partial charge in [-0.25, -0.2) is 0 Å². The Bertz CT molecular complexity index is 727. The number of aromatic nitrogens is 3. The van der Waals surface area contributed by atoms with Crippen molar-refractivity contribution in [1.29, 1.82) is 0 Å². The molecule has 0 amide bonds. The van der Waals surface area contributed by atoms with Crippen molar-refractivity contribution in [3.63, 3.8) is 0 Å². The molecule has 4 heteroatoms. The zero-order chi connectivity index (χ0) is 14.7. The fourth-order valence-corrected chi connectivity index (χ4v) is 2.53. The minimum Gasteiger partial charge on any atom is -0.494 e. The fourth-order valence-electron chi connectivity index (χ4n) is 2.53. The first-order valence-corrected chi connectivity index (χ1v) is 7.45. The number of hydrogen-bond donors (Lipinski definition) is 0. The molecule has 3 aromatic rings. The van der Waals surface area contributed by atoms with Gasteiger partial charge >= 0.3 is 0 Å². The molecular weight excluding hydrogens is 262 g/mol. The summed E-state index contributed by atoms with van der Waals surface area (Å²) in [6.45, 7) is 3.85. The Labute approximate surface area is 124 Å². The Morgan fingerprint density at radius 3 is 2.90 bits per heavy atom. The monoisotopic (exact) mass is 283 g/mol. The van der Waals surface area contributed by atoms with Gasteiger partial charge in [0.05, 0.1) is 12.8 Å². The van der Waals surface area contributed by atoms with Gasteiger partial charge in [-0.15, -0.1) is 0 Å². The highest BCUT2D eigenvalue weighted by Crippen LogP contribution is 2.22. The van der Waals surface area contributed by atoms with Crippen molar-refractivity contribution in [3.8, 4) is 5.75 Å². The minimum absolute atomic E-state index is 0.771. The van der Waals surface area contributed by atoms with Crippen LogP contribution in [0.3, 0.4) is 0 Å². The zero-order valence-electron chi connectivity index (χ0n) is 12.6. The van der Waals surface area contributed by atoms with Crippen LogP contribution >= 0.6 is 0 Å². The van der Waals surface area contributed by atoms with Gasteiger partial charge < -0.3 is 9.30 Å². The quantitative estimate of drug-likeness (QED) is 0.694. The molecule has 0 aliphatic rings. The summed E-state index contributed by atoms with van der Waals surface area (Å²) in [5, 5.41) is 5.44. The summed E-state index contributed by atoms with van der Waals surface area (Å²) in [6.07, 6.45) is 8.17. The maximum absolute atomic E-state index is 5.68. The second-order valence-corrected chi connectivity index (χ2v) is 5.35. The molecule has 21 heavy (non-hydrogen) atoms. The largest absolute Gasteiger partial charge is 0.494 e. The van der Waals surface area contributed by atoms with Crippen LogP contribution in [0, 0.1) is 0 Å². The van der Waals surface area contributed by atoms with Crippen molar-refractivity contribution in [2.75, 3.05) is 6.61 Å². The molecule has 2 aromatic heterocycles. The van der Waals surface area contributed by atoms with Gasteiger partial charge in [0, 0.05) is 36.9 Å². The van der Waals surface area contributed by atoms with E-state index in [1.807, 2.05) is 17.9 Å². The van der Waals surface area contributed by atoms with Gasteiger partial charge in [-0.2, -0.15) is 5.10 Å². The summed E-state index contributed by atoms with van der Waals surface area (Å²) < 4.78 is 9.82. The number of fused-ring (bicyclic) bond motifs is 1. The van der Waals surface area contributed by atoms with Crippen molar-refractivity contribution < 1.29 is 4.74 Å². The molecule has 0 radical (unpaired) electrons. The number of ether oxygens (including phenoxy) is 1. The smallest absolute Gasteiger partial charge is 0.120 e. The van der Waals surface area contributed by atoms with Crippen LogP contribution in [0.2, 0.25) is 0 Å². The van der Waals surface area contributed by atoms with Crippen LogP contribution in [0.25, 0.3) is 10.9 Å². The molecular formula is C17H21N3O. The maximum Gasteiger partial charge on any atom is 0.120 e. The molecule has 0 fully saturated rings. The van der Waals surface area contributed by atoms with Gasteiger partial charge in [-0.3, -0.25) is 4.68 Å². The summed E-state index contributed by atoms with van der Waals surface area (Å²) in [5.74, 6) is 0.953. The average molecular weight is 283 g/mol. The number of nitrogens with zero attached hydrogens (tertiary/aromatic N) is 3. The second-order valence-electron chi connectivity index (χ2n) is 5.35. The van der Waals surface area contributed by atoms with E-state index in [4.69, 9.17) is 4.74 Å². The van der Waals surface area contributed by atoms with Crippen molar-refractivity contribution in [3.05, 3.63) is 48.4 Å². The van der Waals surface area contributed by atoms with Crippen LogP contribution < -0.4 is 4.74 Å². The standard InChI is InChI=1S/C17H21N3O/c1-3-10-21-16-4-5-17-15(11-16)7-9-20(17)8-6-14-12-18-19(2)13-14/h4-5,7,9,11-13H,3,6,8,10H2,1-2H3. The lowest BCUT2D eigenvalue weighted by molar-refractivity contribution is 0.318. The van der Waals surface area contributed by atoms with Gasteiger partial charge in [0.15, 0.2) is 0 Å². The molecule has 0 bridgehead atoms. The highest BCUT2D eigenvalue weighted by Gasteiger charge is 2.04. The number of hydrogen-bond acceptors (Lipinski definition) is 2. The molecule has 0 N–H and O–H groups in total. The first kappa shape index (κ1) is 13.7. The zero-order valence-corrected chi connectivity index (χ0v) is 12.6. The number of rotatable bonds is 6. The summed E-state index contributed by atoms with van der Waals surface area (Å²) in [6, 6.07) is 8.46. The van der Waals surface area contributed by atoms with Crippen LogP contribution in [-0.4, -0.2) is 21.0 Å². The van der Waals surface area contributed by atoms with E-state index in [0.29, 0.717) is 0 Å². The number of aryl methyl sites for hydroxylation is 3. The van der Waals surface area contributed by atoms with E-state index in [0.717, 1.165) is 31.7 Å². The van der Waals surface area contributed by atoms with E-state index < -0.39 is 0 Å². The minimum atomic E-state index is 0.771. The summed E-state index contributed by atoms with van der Waals surface area (Å²) in [5.41, 5.74) is 2.52. The Balaban J connectivity index is 1.74. The van der Waals surface area contributed by atoms with Crippen LogP contribution in [-0.2, 0) is 20.0 Å². The van der Waals surface area contributed by atoms with Crippen LogP contribution in [0.15, 0.2) is 42.9 Å². The van der Waals surface area contributed by atoms with Crippen molar-refractivity contribution in [1.82, 2.24) is 14.3 Å². The van der Waals surface area contributed by atoms with Gasteiger partial charge in [-0.05, 0) is 42.7 Å². The summed E-state index contributed by atoms with van der Waals surface area (Å²) >= 11 is 0. The van der Waals surface area contributed by atoms with Crippen molar-refractivity contribution in [2.24, 2.45) is 7.05 Å². The molecule has 0 aliphatic carbocycles. The average Bonchev–Trinajstić information content (AvgIpc) is 3.08. The normalized spacial score (nSPS) is 11.1. The molecule has 110 valence electrons. The highest BCUT2D eigenvalue weighted by atomic mass is 16.5. The van der Waals surface area contributed by atoms with Gasteiger partial charge in [0.2, 0.25) is 0 Å². The van der Waals surface area contributed by atoms with E-state index >= 15 is 0 Å². The third kappa shape index (κ3) is 3.10. The maximum atomic E-state index is 5.68. The molecule has 0 saturated carbocycles. The van der Waals surface area contributed by atoms with Gasteiger partial charge in [-0.1, -0.05) is 6.92 Å². The molecule has 0 saturated heterocycles. The molecule has 2 heterocycles. The fraction of sp³-hybridized carbons (Fsp3) is 0.353. The third-order valence-corrected chi connectivity index (χ3v) is 3.62. The molecule has 1 aromatic carbocycles. The second kappa shape index (κ2) is 6.04. The lowest BCUT2D eigenvalue weighted by Crippen LogP contribution is -1.99. The molecule has 0 spiro atoms. The van der Waals surface area contributed by atoms with E-state index in [2.05, 4.69) is 53.2 Å². The Morgan fingerprint density at radius 2 is 2.14 bits per heavy atom. The van der Waals surface area contributed by atoms with E-state index in [1.165, 1.54) is 16.5 Å². The lowest BCUT2D eigenvalue weighted by atomic mass is 10.2. The lowest BCUT2D eigenvalue weighted by Gasteiger charge is -2.07. The van der Waals surface area contributed by atoms with E-state index in [-0.39, 0.29) is 0 Å². The van der Waals surface area contributed by atoms with Crippen molar-refractivity contribution >= 4 is 10.9 Å². The summed E-state index contributed by atoms with van der Waals surface area (Å²) in [7, 11) is 1.95. The summed E-state index contributed by atoms with van der Waals surface area (Å²) in [4.78, 5) is 0.